The van der Waals surface area contributed by atoms with Gasteiger partial charge in [0, 0.05) is 25.3 Å². The van der Waals surface area contributed by atoms with Crippen LogP contribution in [-0.2, 0) is 4.74 Å². The van der Waals surface area contributed by atoms with Crippen molar-refractivity contribution in [1.82, 2.24) is 10.2 Å². The van der Waals surface area contributed by atoms with Crippen LogP contribution < -0.4 is 5.32 Å². The molecule has 0 radical (unpaired) electrons. The second-order valence-corrected chi connectivity index (χ2v) is 6.95. The Labute approximate surface area is 143 Å². The number of carbonyl (C=O) groups excluding carboxylic acids is 1. The van der Waals surface area contributed by atoms with Crippen molar-refractivity contribution in [3.63, 3.8) is 0 Å². The van der Waals surface area contributed by atoms with Crippen LogP contribution >= 0.6 is 11.6 Å². The number of benzene rings is 1. The highest BCUT2D eigenvalue weighted by molar-refractivity contribution is 6.33. The monoisotopic (exact) mass is 336 g/mol. The van der Waals surface area contributed by atoms with E-state index in [1.807, 2.05) is 12.1 Å². The lowest BCUT2D eigenvalue weighted by molar-refractivity contribution is -0.0349. The molecule has 2 fully saturated rings. The van der Waals surface area contributed by atoms with E-state index >= 15 is 0 Å². The van der Waals surface area contributed by atoms with E-state index in [0.717, 1.165) is 39.1 Å². The van der Waals surface area contributed by atoms with Gasteiger partial charge in [-0.3, -0.25) is 9.69 Å². The van der Waals surface area contributed by atoms with Gasteiger partial charge in [0.15, 0.2) is 0 Å². The van der Waals surface area contributed by atoms with Gasteiger partial charge >= 0.3 is 0 Å². The molecular formula is C18H25ClN2O2. The van der Waals surface area contributed by atoms with Crippen molar-refractivity contribution in [2.45, 2.75) is 37.6 Å². The standard InChI is InChI=1S/C18H25ClN2O2/c19-16-7-3-2-6-15(16)17(22)20-14-18(8-12-23-13-9-18)21-10-4-1-5-11-21/h2-3,6-7H,1,4-5,8-14H2,(H,20,22). The highest BCUT2D eigenvalue weighted by atomic mass is 35.5. The number of nitrogens with zero attached hydrogens (tertiary/aromatic N) is 1. The lowest BCUT2D eigenvalue weighted by Crippen LogP contribution is -2.59. The molecule has 4 nitrogen and oxygen atoms in total. The largest absolute Gasteiger partial charge is 0.381 e. The molecule has 1 amide bonds. The normalized spacial score (nSPS) is 21.8. The molecule has 126 valence electrons. The fraction of sp³-hybridized carbons (Fsp3) is 0.611. The van der Waals surface area contributed by atoms with E-state index < -0.39 is 0 Å². The van der Waals surface area contributed by atoms with Crippen LogP contribution in [-0.4, -0.2) is 49.2 Å². The second kappa shape index (κ2) is 7.65. The summed E-state index contributed by atoms with van der Waals surface area (Å²) in [6.45, 7) is 4.47. The molecule has 0 atom stereocenters. The zero-order valence-corrected chi connectivity index (χ0v) is 14.3. The maximum atomic E-state index is 12.5. The van der Waals surface area contributed by atoms with Crippen molar-refractivity contribution in [1.29, 1.82) is 0 Å². The summed E-state index contributed by atoms with van der Waals surface area (Å²) >= 11 is 6.13. The van der Waals surface area contributed by atoms with Gasteiger partial charge in [-0.25, -0.2) is 0 Å². The van der Waals surface area contributed by atoms with Crippen LogP contribution in [0.3, 0.4) is 0 Å². The van der Waals surface area contributed by atoms with E-state index in [9.17, 15) is 4.79 Å². The number of ether oxygens (including phenoxy) is 1. The molecule has 2 saturated heterocycles. The molecule has 0 aliphatic carbocycles. The van der Waals surface area contributed by atoms with Crippen LogP contribution in [0.25, 0.3) is 0 Å². The fourth-order valence-corrected chi connectivity index (χ4v) is 3.93. The van der Waals surface area contributed by atoms with Gasteiger partial charge in [0.05, 0.1) is 10.6 Å². The average Bonchev–Trinajstić information content (AvgIpc) is 2.62. The number of rotatable bonds is 4. The first kappa shape index (κ1) is 16.7. The Morgan fingerprint density at radius 2 is 1.87 bits per heavy atom. The minimum Gasteiger partial charge on any atom is -0.381 e. The molecule has 0 saturated carbocycles. The number of hydrogen-bond acceptors (Lipinski definition) is 3. The van der Waals surface area contributed by atoms with E-state index in [0.29, 0.717) is 17.1 Å². The molecule has 0 spiro atoms. The Morgan fingerprint density at radius 3 is 2.57 bits per heavy atom. The Morgan fingerprint density at radius 1 is 1.17 bits per heavy atom. The van der Waals surface area contributed by atoms with Crippen molar-refractivity contribution in [2.75, 3.05) is 32.8 Å². The topological polar surface area (TPSA) is 41.6 Å². The number of carbonyl (C=O) groups is 1. The molecule has 0 bridgehead atoms. The summed E-state index contributed by atoms with van der Waals surface area (Å²) in [5.74, 6) is -0.0847. The van der Waals surface area contributed by atoms with Crippen molar-refractivity contribution in [3.8, 4) is 0 Å². The molecule has 0 aromatic heterocycles. The van der Waals surface area contributed by atoms with E-state index in [1.165, 1.54) is 19.3 Å². The SMILES string of the molecule is O=C(NCC1(N2CCCCC2)CCOCC1)c1ccccc1Cl. The number of piperidine rings is 1. The summed E-state index contributed by atoms with van der Waals surface area (Å²) in [5, 5.41) is 3.63. The predicted molar refractivity (Wildman–Crippen MR) is 92.0 cm³/mol. The van der Waals surface area contributed by atoms with Gasteiger partial charge in [-0.2, -0.15) is 0 Å². The van der Waals surface area contributed by atoms with Gasteiger partial charge in [-0.15, -0.1) is 0 Å². The molecule has 3 rings (SSSR count). The average molecular weight is 337 g/mol. The zero-order valence-electron chi connectivity index (χ0n) is 13.5. The minimum atomic E-state index is -0.0847. The molecule has 5 heteroatoms. The van der Waals surface area contributed by atoms with Crippen LogP contribution in [0, 0.1) is 0 Å². The van der Waals surface area contributed by atoms with Gasteiger partial charge in [-0.05, 0) is 50.9 Å². The first-order valence-electron chi connectivity index (χ1n) is 8.57. The summed E-state index contributed by atoms with van der Waals surface area (Å²) in [7, 11) is 0. The number of nitrogens with one attached hydrogen (secondary N) is 1. The predicted octanol–water partition coefficient (Wildman–Crippen LogP) is 3.10. The van der Waals surface area contributed by atoms with Gasteiger partial charge in [0.1, 0.15) is 0 Å². The van der Waals surface area contributed by atoms with E-state index in [-0.39, 0.29) is 11.4 Å². The summed E-state index contributed by atoms with van der Waals surface area (Å²) in [4.78, 5) is 15.1. The first-order valence-corrected chi connectivity index (χ1v) is 8.95. The summed E-state index contributed by atoms with van der Waals surface area (Å²) in [6.07, 6.45) is 5.78. The van der Waals surface area contributed by atoms with Crippen LogP contribution in [0.2, 0.25) is 5.02 Å². The molecule has 2 aliphatic rings. The summed E-state index contributed by atoms with van der Waals surface area (Å²) < 4.78 is 5.57. The van der Waals surface area contributed by atoms with Gasteiger partial charge in [-0.1, -0.05) is 30.2 Å². The molecule has 1 aromatic rings. The lowest BCUT2D eigenvalue weighted by atomic mass is 9.86. The van der Waals surface area contributed by atoms with Crippen LogP contribution in [0.5, 0.6) is 0 Å². The van der Waals surface area contributed by atoms with Gasteiger partial charge < -0.3 is 10.1 Å². The third kappa shape index (κ3) is 3.87. The minimum absolute atomic E-state index is 0.0373. The van der Waals surface area contributed by atoms with Gasteiger partial charge in [0.2, 0.25) is 0 Å². The quantitative estimate of drug-likeness (QED) is 0.918. The van der Waals surface area contributed by atoms with Crippen molar-refractivity contribution >= 4 is 17.5 Å². The van der Waals surface area contributed by atoms with Crippen LogP contribution in [0.1, 0.15) is 42.5 Å². The Balaban J connectivity index is 1.69. The smallest absolute Gasteiger partial charge is 0.252 e. The molecule has 1 aromatic carbocycles. The second-order valence-electron chi connectivity index (χ2n) is 6.55. The van der Waals surface area contributed by atoms with E-state index in [1.54, 1.807) is 12.1 Å². The zero-order chi connectivity index (χ0) is 16.1. The Bertz CT molecular complexity index is 538. The molecule has 2 heterocycles. The first-order chi connectivity index (χ1) is 11.2. The van der Waals surface area contributed by atoms with E-state index in [4.69, 9.17) is 16.3 Å². The van der Waals surface area contributed by atoms with Crippen LogP contribution in [0.4, 0.5) is 0 Å². The van der Waals surface area contributed by atoms with E-state index in [2.05, 4.69) is 10.2 Å². The summed E-state index contributed by atoms with van der Waals surface area (Å²) in [5.41, 5.74) is 0.588. The molecule has 0 unspecified atom stereocenters. The fourth-order valence-electron chi connectivity index (χ4n) is 3.71. The Kier molecular flexibility index (Phi) is 5.57. The third-order valence-electron chi connectivity index (χ3n) is 5.15. The highest BCUT2D eigenvalue weighted by Crippen LogP contribution is 2.30. The van der Waals surface area contributed by atoms with Crippen molar-refractivity contribution < 1.29 is 9.53 Å². The maximum Gasteiger partial charge on any atom is 0.252 e. The Hall–Kier alpha value is -1.10. The number of amides is 1. The number of hydrogen-bond donors (Lipinski definition) is 1. The van der Waals surface area contributed by atoms with Gasteiger partial charge in [0.25, 0.3) is 5.91 Å². The molecule has 23 heavy (non-hydrogen) atoms. The van der Waals surface area contributed by atoms with Crippen molar-refractivity contribution in [2.24, 2.45) is 0 Å². The molecular weight excluding hydrogens is 312 g/mol. The van der Waals surface area contributed by atoms with Crippen molar-refractivity contribution in [3.05, 3.63) is 34.9 Å². The van der Waals surface area contributed by atoms with Crippen LogP contribution in [0.15, 0.2) is 24.3 Å². The third-order valence-corrected chi connectivity index (χ3v) is 5.48. The number of halogens is 1. The summed E-state index contributed by atoms with van der Waals surface area (Å²) in [6, 6.07) is 7.21. The number of likely N-dealkylation sites (tertiary alicyclic amines) is 1. The molecule has 2 aliphatic heterocycles. The molecule has 1 N–H and O–H groups in total. The lowest BCUT2D eigenvalue weighted by Gasteiger charge is -2.48. The maximum absolute atomic E-state index is 12.5. The highest BCUT2D eigenvalue weighted by Gasteiger charge is 2.39.